The van der Waals surface area contributed by atoms with Gasteiger partial charge in [-0.05, 0) is 24.6 Å². The minimum Gasteiger partial charge on any atom is -0.466 e. The molecule has 0 amide bonds. The third-order valence-electron chi connectivity index (χ3n) is 2.15. The Labute approximate surface area is 96.2 Å². The van der Waals surface area contributed by atoms with E-state index in [1.165, 1.54) is 0 Å². The number of ether oxygens (including phenoxy) is 1. The lowest BCUT2D eigenvalue weighted by Gasteiger charge is -2.26. The van der Waals surface area contributed by atoms with E-state index in [9.17, 15) is 0 Å². The molecule has 1 rings (SSSR count). The molecule has 1 heterocycles. The van der Waals surface area contributed by atoms with Crippen LogP contribution >= 0.6 is 0 Å². The summed E-state index contributed by atoms with van der Waals surface area (Å²) in [5, 5.41) is 8.83. The lowest BCUT2D eigenvalue weighted by atomic mass is 9.91. The monoisotopic (exact) mass is 214 g/mol. The van der Waals surface area contributed by atoms with Gasteiger partial charge in [0.05, 0.1) is 18.4 Å². The van der Waals surface area contributed by atoms with Crippen molar-refractivity contribution in [3.8, 4) is 6.07 Å². The van der Waals surface area contributed by atoms with E-state index in [0.717, 1.165) is 5.76 Å². The molecule has 0 saturated heterocycles. The van der Waals surface area contributed by atoms with E-state index in [1.807, 2.05) is 33.8 Å². The van der Waals surface area contributed by atoms with E-state index < -0.39 is 0 Å². The first-order chi connectivity index (χ1) is 7.38. The molecule has 0 aromatic heterocycles. The Kier molecular flexibility index (Phi) is 3.20. The molecule has 0 saturated carbocycles. The molecule has 0 aromatic rings. The van der Waals surface area contributed by atoms with Crippen LogP contribution < -0.4 is 0 Å². The second-order valence-corrected chi connectivity index (χ2v) is 4.64. The van der Waals surface area contributed by atoms with Crippen molar-refractivity contribution in [2.24, 2.45) is 5.41 Å². The van der Waals surface area contributed by atoms with Crippen LogP contribution in [0.15, 0.2) is 34.9 Å². The highest BCUT2D eigenvalue weighted by atomic mass is 16.5. The summed E-state index contributed by atoms with van der Waals surface area (Å²) in [6.07, 6.45) is 3.48. The summed E-state index contributed by atoms with van der Waals surface area (Å²) >= 11 is 0. The van der Waals surface area contributed by atoms with Gasteiger partial charge in [-0.3, -0.25) is 0 Å². The lowest BCUT2D eigenvalue weighted by Crippen LogP contribution is -2.14. The third kappa shape index (κ3) is 2.52. The second-order valence-electron chi connectivity index (χ2n) is 4.64. The number of allylic oxidation sites excluding steroid dienone is 6. The molecule has 3 heteroatoms. The molecular weight excluding hydrogens is 200 g/mol. The molecule has 1 aliphatic heterocycles. The van der Waals surface area contributed by atoms with Gasteiger partial charge in [0.2, 0.25) is 0 Å². The summed E-state index contributed by atoms with van der Waals surface area (Å²) in [6, 6.07) is 1.89. The van der Waals surface area contributed by atoms with Gasteiger partial charge in [0.25, 0.3) is 5.70 Å². The summed E-state index contributed by atoms with van der Waals surface area (Å²) in [4.78, 5) is 3.20. The third-order valence-corrected chi connectivity index (χ3v) is 2.15. The van der Waals surface area contributed by atoms with Crippen LogP contribution in [0, 0.1) is 23.3 Å². The zero-order valence-electron chi connectivity index (χ0n) is 9.96. The van der Waals surface area contributed by atoms with E-state index in [1.54, 1.807) is 12.2 Å². The number of nitrogens with zero attached hydrogens (tertiary/aromatic N) is 2. The summed E-state index contributed by atoms with van der Waals surface area (Å²) in [7, 11) is 0. The highest BCUT2D eigenvalue weighted by molar-refractivity contribution is 5.48. The molecule has 0 N–H and O–H groups in total. The van der Waals surface area contributed by atoms with E-state index in [-0.39, 0.29) is 11.1 Å². The van der Waals surface area contributed by atoms with Crippen LogP contribution in [0.2, 0.25) is 0 Å². The normalized spacial score (nSPS) is 18.6. The Hall–Kier alpha value is -2.00. The molecule has 0 fully saturated rings. The lowest BCUT2D eigenvalue weighted by molar-refractivity contribution is 0.215. The van der Waals surface area contributed by atoms with E-state index >= 15 is 0 Å². The minimum atomic E-state index is -0.136. The summed E-state index contributed by atoms with van der Waals surface area (Å²) < 4.78 is 5.60. The standard InChI is InChI=1S/C13H14N2O/c1-9-6-10(11(8-14)15-5)7-12(16-9)13(2,3)4/h6-7H,1-4H3/b11-10+. The first-order valence-corrected chi connectivity index (χ1v) is 4.98. The van der Waals surface area contributed by atoms with Crippen LogP contribution in [-0.2, 0) is 4.74 Å². The van der Waals surface area contributed by atoms with Crippen molar-refractivity contribution in [3.63, 3.8) is 0 Å². The predicted molar refractivity (Wildman–Crippen MR) is 61.6 cm³/mol. The maximum Gasteiger partial charge on any atom is 0.269 e. The van der Waals surface area contributed by atoms with Crippen molar-refractivity contribution < 1.29 is 4.74 Å². The predicted octanol–water partition coefficient (Wildman–Crippen LogP) is 3.55. The minimum absolute atomic E-state index is 0.101. The second kappa shape index (κ2) is 4.24. The smallest absolute Gasteiger partial charge is 0.269 e. The molecule has 0 spiro atoms. The van der Waals surface area contributed by atoms with E-state index in [0.29, 0.717) is 11.3 Å². The molecule has 0 atom stereocenters. The molecule has 0 bridgehead atoms. The van der Waals surface area contributed by atoms with Gasteiger partial charge in [-0.15, -0.1) is 0 Å². The zero-order valence-corrected chi connectivity index (χ0v) is 9.96. The fourth-order valence-corrected chi connectivity index (χ4v) is 1.29. The quantitative estimate of drug-likeness (QED) is 0.457. The van der Waals surface area contributed by atoms with Crippen LogP contribution in [0.1, 0.15) is 27.7 Å². The van der Waals surface area contributed by atoms with Crippen LogP contribution in [0.3, 0.4) is 0 Å². The molecule has 82 valence electrons. The summed E-state index contributed by atoms with van der Waals surface area (Å²) in [5.41, 5.74) is 0.596. The molecule has 0 radical (unpaired) electrons. The van der Waals surface area contributed by atoms with E-state index in [2.05, 4.69) is 4.85 Å². The fraction of sp³-hybridized carbons (Fsp3) is 0.385. The largest absolute Gasteiger partial charge is 0.466 e. The number of rotatable bonds is 0. The van der Waals surface area contributed by atoms with Crippen molar-refractivity contribution in [2.75, 3.05) is 0 Å². The molecule has 3 nitrogen and oxygen atoms in total. The van der Waals surface area contributed by atoms with Crippen LogP contribution in [0.5, 0.6) is 0 Å². The molecule has 0 aromatic carbocycles. The summed E-state index contributed by atoms with van der Waals surface area (Å²) in [5.74, 6) is 1.48. The van der Waals surface area contributed by atoms with Crippen LogP contribution in [0.4, 0.5) is 0 Å². The Morgan fingerprint density at radius 3 is 2.50 bits per heavy atom. The highest BCUT2D eigenvalue weighted by Crippen LogP contribution is 2.33. The Bertz CT molecular complexity index is 458. The number of hydrogen-bond donors (Lipinski definition) is 0. The van der Waals surface area contributed by atoms with Gasteiger partial charge >= 0.3 is 0 Å². The fourth-order valence-electron chi connectivity index (χ4n) is 1.29. The first-order valence-electron chi connectivity index (χ1n) is 4.98. The Morgan fingerprint density at radius 1 is 1.44 bits per heavy atom. The van der Waals surface area contributed by atoms with Gasteiger partial charge in [-0.25, -0.2) is 10.1 Å². The van der Waals surface area contributed by atoms with Crippen molar-refractivity contribution in [3.05, 3.63) is 46.4 Å². The number of hydrogen-bond acceptors (Lipinski definition) is 2. The van der Waals surface area contributed by atoms with Gasteiger partial charge in [0.15, 0.2) is 0 Å². The zero-order chi connectivity index (χ0) is 12.3. The maximum atomic E-state index is 8.83. The number of nitriles is 1. The molecule has 0 unspecified atom stereocenters. The maximum absolute atomic E-state index is 8.83. The Morgan fingerprint density at radius 2 is 2.06 bits per heavy atom. The van der Waals surface area contributed by atoms with Gasteiger partial charge in [0.1, 0.15) is 5.76 Å². The van der Waals surface area contributed by atoms with Gasteiger partial charge in [-0.1, -0.05) is 20.8 Å². The van der Waals surface area contributed by atoms with E-state index in [4.69, 9.17) is 16.6 Å². The average molecular weight is 214 g/mol. The molecule has 1 aliphatic rings. The first kappa shape index (κ1) is 12.1. The molecule has 0 aliphatic carbocycles. The molecular formula is C13H14N2O. The Balaban J connectivity index is 3.30. The van der Waals surface area contributed by atoms with Gasteiger partial charge < -0.3 is 4.74 Å². The highest BCUT2D eigenvalue weighted by Gasteiger charge is 2.23. The van der Waals surface area contributed by atoms with Crippen molar-refractivity contribution >= 4 is 0 Å². The van der Waals surface area contributed by atoms with Crippen molar-refractivity contribution in [1.82, 2.24) is 0 Å². The van der Waals surface area contributed by atoms with Crippen molar-refractivity contribution in [2.45, 2.75) is 27.7 Å². The topological polar surface area (TPSA) is 37.4 Å². The molecule has 16 heavy (non-hydrogen) atoms. The average Bonchev–Trinajstić information content (AvgIpc) is 2.17. The van der Waals surface area contributed by atoms with Gasteiger partial charge in [0, 0.05) is 5.41 Å². The van der Waals surface area contributed by atoms with Gasteiger partial charge in [-0.2, -0.15) is 0 Å². The van der Waals surface area contributed by atoms with Crippen molar-refractivity contribution in [1.29, 1.82) is 5.26 Å². The SMILES string of the molecule is [C-]#[N+]/C(C#N)=C1\C=C(C)OC(C(C)(C)C)=C1. The van der Waals surface area contributed by atoms with Crippen LogP contribution in [0.25, 0.3) is 4.85 Å². The summed E-state index contributed by atoms with van der Waals surface area (Å²) in [6.45, 7) is 14.8. The van der Waals surface area contributed by atoms with Crippen LogP contribution in [-0.4, -0.2) is 0 Å².